The third-order valence-electron chi connectivity index (χ3n) is 4.10. The lowest BCUT2D eigenvalue weighted by molar-refractivity contribution is -0.384. The highest BCUT2D eigenvalue weighted by Gasteiger charge is 2.26. The van der Waals surface area contributed by atoms with E-state index in [1.807, 2.05) is 0 Å². The Morgan fingerprint density at radius 1 is 0.929 bits per heavy atom. The fraction of sp³-hybridized carbons (Fsp3) is 0.333. The molecule has 1 aliphatic rings. The first-order valence-corrected chi connectivity index (χ1v) is 10.1. The van der Waals surface area contributed by atoms with Gasteiger partial charge in [0.1, 0.15) is 24.7 Å². The molecule has 0 aromatic heterocycles. The molecule has 10 heteroatoms. The van der Waals surface area contributed by atoms with Gasteiger partial charge in [-0.3, -0.25) is 10.1 Å². The third kappa shape index (κ3) is 4.97. The molecule has 0 unspecified atom stereocenters. The van der Waals surface area contributed by atoms with Gasteiger partial charge in [0.2, 0.25) is 10.0 Å². The van der Waals surface area contributed by atoms with E-state index in [0.29, 0.717) is 37.8 Å². The predicted octanol–water partition coefficient (Wildman–Crippen LogP) is 2.07. The first-order valence-electron chi connectivity index (χ1n) is 8.65. The molecule has 1 saturated heterocycles. The van der Waals surface area contributed by atoms with Crippen LogP contribution in [0.15, 0.2) is 53.4 Å². The summed E-state index contributed by atoms with van der Waals surface area (Å²) in [7, 11) is -3.52. The van der Waals surface area contributed by atoms with E-state index >= 15 is 0 Å². The quantitative estimate of drug-likeness (QED) is 0.374. The molecule has 3 rings (SSSR count). The van der Waals surface area contributed by atoms with E-state index in [-0.39, 0.29) is 23.8 Å². The molecule has 0 spiro atoms. The minimum Gasteiger partial charge on any atom is -0.490 e. The molecular weight excluding hydrogens is 388 g/mol. The molecular formula is C18H20N2O7S. The van der Waals surface area contributed by atoms with E-state index < -0.39 is 14.9 Å². The number of sulfonamides is 1. The van der Waals surface area contributed by atoms with Crippen LogP contribution in [-0.2, 0) is 14.8 Å². The molecule has 1 fully saturated rings. The Bertz CT molecular complexity index is 893. The molecule has 0 N–H and O–H groups in total. The van der Waals surface area contributed by atoms with Crippen LogP contribution in [0.5, 0.6) is 11.5 Å². The topological polar surface area (TPSA) is 108 Å². The van der Waals surface area contributed by atoms with Gasteiger partial charge in [-0.05, 0) is 36.4 Å². The summed E-state index contributed by atoms with van der Waals surface area (Å²) in [6, 6.07) is 12.0. The molecule has 2 aromatic carbocycles. The van der Waals surface area contributed by atoms with Gasteiger partial charge in [0.05, 0.1) is 23.0 Å². The van der Waals surface area contributed by atoms with Crippen LogP contribution in [0.1, 0.15) is 0 Å². The summed E-state index contributed by atoms with van der Waals surface area (Å²) in [6.07, 6.45) is 0. The highest BCUT2D eigenvalue weighted by atomic mass is 32.2. The second-order valence-electron chi connectivity index (χ2n) is 5.94. The van der Waals surface area contributed by atoms with Gasteiger partial charge in [-0.1, -0.05) is 0 Å². The maximum Gasteiger partial charge on any atom is 0.269 e. The van der Waals surface area contributed by atoms with Crippen molar-refractivity contribution in [3.05, 3.63) is 58.6 Å². The highest BCUT2D eigenvalue weighted by Crippen LogP contribution is 2.21. The first kappa shape index (κ1) is 20.1. The van der Waals surface area contributed by atoms with E-state index in [4.69, 9.17) is 14.2 Å². The molecule has 0 aliphatic carbocycles. The van der Waals surface area contributed by atoms with Gasteiger partial charge < -0.3 is 14.2 Å². The second kappa shape index (κ2) is 9.00. The molecule has 1 heterocycles. The van der Waals surface area contributed by atoms with Gasteiger partial charge in [-0.15, -0.1) is 0 Å². The average molecular weight is 408 g/mol. The summed E-state index contributed by atoms with van der Waals surface area (Å²) in [6.45, 7) is 1.98. The fourth-order valence-electron chi connectivity index (χ4n) is 2.63. The van der Waals surface area contributed by atoms with Crippen LogP contribution in [0.3, 0.4) is 0 Å². The van der Waals surface area contributed by atoms with Crippen LogP contribution in [0, 0.1) is 10.1 Å². The van der Waals surface area contributed by atoms with Gasteiger partial charge >= 0.3 is 0 Å². The van der Waals surface area contributed by atoms with Crippen molar-refractivity contribution in [2.75, 3.05) is 39.5 Å². The molecule has 1 aliphatic heterocycles. The number of rotatable bonds is 8. The van der Waals surface area contributed by atoms with Crippen molar-refractivity contribution in [2.24, 2.45) is 0 Å². The smallest absolute Gasteiger partial charge is 0.269 e. The summed E-state index contributed by atoms with van der Waals surface area (Å²) >= 11 is 0. The summed E-state index contributed by atoms with van der Waals surface area (Å²) in [5.74, 6) is 1.02. The zero-order chi connectivity index (χ0) is 20.0. The van der Waals surface area contributed by atoms with E-state index in [2.05, 4.69) is 0 Å². The van der Waals surface area contributed by atoms with Crippen LogP contribution in [-0.4, -0.2) is 57.2 Å². The monoisotopic (exact) mass is 408 g/mol. The standard InChI is InChI=1S/C18H20N2O7S/c21-20(22)15-1-3-16(4-2-15)26-13-14-27-17-5-7-18(8-6-17)28(23,24)19-9-11-25-12-10-19/h1-8H,9-14H2. The maximum absolute atomic E-state index is 12.5. The van der Waals surface area contributed by atoms with Gasteiger partial charge in [0, 0.05) is 25.2 Å². The molecule has 0 saturated carbocycles. The number of non-ortho nitro benzene ring substituents is 1. The Morgan fingerprint density at radius 2 is 1.43 bits per heavy atom. The molecule has 150 valence electrons. The van der Waals surface area contributed by atoms with Crippen LogP contribution in [0.4, 0.5) is 5.69 Å². The van der Waals surface area contributed by atoms with E-state index in [1.54, 1.807) is 12.1 Å². The predicted molar refractivity (Wildman–Crippen MR) is 100 cm³/mol. The Kier molecular flexibility index (Phi) is 6.45. The molecule has 0 atom stereocenters. The normalized spacial score (nSPS) is 15.1. The van der Waals surface area contributed by atoms with Crippen molar-refractivity contribution in [1.82, 2.24) is 4.31 Å². The number of nitrogens with zero attached hydrogens (tertiary/aromatic N) is 2. The van der Waals surface area contributed by atoms with Gasteiger partial charge in [0.15, 0.2) is 0 Å². The van der Waals surface area contributed by atoms with E-state index in [1.165, 1.54) is 40.7 Å². The zero-order valence-electron chi connectivity index (χ0n) is 15.0. The number of nitro groups is 1. The van der Waals surface area contributed by atoms with Crippen LogP contribution in [0.25, 0.3) is 0 Å². The van der Waals surface area contributed by atoms with E-state index in [9.17, 15) is 18.5 Å². The number of nitro benzene ring substituents is 1. The molecule has 9 nitrogen and oxygen atoms in total. The molecule has 2 aromatic rings. The zero-order valence-corrected chi connectivity index (χ0v) is 15.8. The van der Waals surface area contributed by atoms with Gasteiger partial charge in [0.25, 0.3) is 5.69 Å². The Hall–Kier alpha value is -2.69. The van der Waals surface area contributed by atoms with Gasteiger partial charge in [-0.2, -0.15) is 4.31 Å². The average Bonchev–Trinajstić information content (AvgIpc) is 2.72. The highest BCUT2D eigenvalue weighted by molar-refractivity contribution is 7.89. The minimum absolute atomic E-state index is 0.00396. The van der Waals surface area contributed by atoms with Crippen LogP contribution < -0.4 is 9.47 Å². The van der Waals surface area contributed by atoms with Crippen LogP contribution >= 0.6 is 0 Å². The summed E-state index contributed by atoms with van der Waals surface area (Å²) < 4.78 is 42.7. The van der Waals surface area contributed by atoms with Gasteiger partial charge in [-0.25, -0.2) is 8.42 Å². The summed E-state index contributed by atoms with van der Waals surface area (Å²) in [4.78, 5) is 10.3. The number of ether oxygens (including phenoxy) is 3. The second-order valence-corrected chi connectivity index (χ2v) is 7.87. The Morgan fingerprint density at radius 3 is 1.93 bits per heavy atom. The fourth-order valence-corrected chi connectivity index (χ4v) is 4.03. The number of morpholine rings is 1. The lowest BCUT2D eigenvalue weighted by atomic mass is 10.3. The van der Waals surface area contributed by atoms with Crippen molar-refractivity contribution in [3.63, 3.8) is 0 Å². The first-order chi connectivity index (χ1) is 13.5. The number of hydrogen-bond donors (Lipinski definition) is 0. The summed E-state index contributed by atoms with van der Waals surface area (Å²) in [5, 5.41) is 10.6. The summed E-state index contributed by atoms with van der Waals surface area (Å²) in [5.41, 5.74) is -0.00396. The van der Waals surface area contributed by atoms with Crippen molar-refractivity contribution in [1.29, 1.82) is 0 Å². The Labute approximate surface area is 162 Å². The maximum atomic E-state index is 12.5. The van der Waals surface area contributed by atoms with Crippen molar-refractivity contribution < 1.29 is 27.6 Å². The van der Waals surface area contributed by atoms with Crippen molar-refractivity contribution >= 4 is 15.7 Å². The van der Waals surface area contributed by atoms with E-state index in [0.717, 1.165) is 0 Å². The Balaban J connectivity index is 1.48. The lowest BCUT2D eigenvalue weighted by Gasteiger charge is -2.26. The van der Waals surface area contributed by atoms with Crippen molar-refractivity contribution in [3.8, 4) is 11.5 Å². The third-order valence-corrected chi connectivity index (χ3v) is 6.01. The SMILES string of the molecule is O=[N+]([O-])c1ccc(OCCOc2ccc(S(=O)(=O)N3CCOCC3)cc2)cc1. The number of hydrogen-bond acceptors (Lipinski definition) is 7. The molecule has 0 bridgehead atoms. The molecule has 0 radical (unpaired) electrons. The number of benzene rings is 2. The lowest BCUT2D eigenvalue weighted by Crippen LogP contribution is -2.40. The van der Waals surface area contributed by atoms with Crippen LogP contribution in [0.2, 0.25) is 0 Å². The van der Waals surface area contributed by atoms with Crippen molar-refractivity contribution in [2.45, 2.75) is 4.90 Å². The molecule has 0 amide bonds. The minimum atomic E-state index is -3.52. The molecule has 28 heavy (non-hydrogen) atoms. The largest absolute Gasteiger partial charge is 0.490 e.